The fraction of sp³-hybridized carbons (Fsp3) is 0.240. The van der Waals surface area contributed by atoms with Crippen LogP contribution in [0.15, 0.2) is 75.0 Å². The van der Waals surface area contributed by atoms with Gasteiger partial charge in [0.2, 0.25) is 0 Å². The maximum Gasteiger partial charge on any atom is 0.193 e. The van der Waals surface area contributed by atoms with Crippen LogP contribution in [-0.4, -0.2) is 18.3 Å². The zero-order valence-electron chi connectivity index (χ0n) is 17.7. The van der Waals surface area contributed by atoms with Crippen molar-refractivity contribution in [2.75, 3.05) is 13.2 Å². The molecule has 5 nitrogen and oxygen atoms in total. The third-order valence-corrected chi connectivity index (χ3v) is 4.42. The molecule has 0 spiro atoms. The number of fused-ring (bicyclic) bond motifs is 1. The second-order valence-electron chi connectivity index (χ2n) is 7.50. The predicted molar refractivity (Wildman–Crippen MR) is 119 cm³/mol. The molecule has 3 aromatic rings. The van der Waals surface area contributed by atoms with E-state index in [0.717, 1.165) is 11.1 Å². The number of benzene rings is 2. The highest BCUT2D eigenvalue weighted by molar-refractivity contribution is 5.81. The molecule has 0 aliphatic rings. The number of rotatable bonds is 7. The van der Waals surface area contributed by atoms with Gasteiger partial charge in [-0.15, -0.1) is 0 Å². The lowest BCUT2D eigenvalue weighted by molar-refractivity contribution is 0.359. The lowest BCUT2D eigenvalue weighted by atomic mass is 10.1. The summed E-state index contributed by atoms with van der Waals surface area (Å²) in [4.78, 5) is 12.5. The Kier molecular flexibility index (Phi) is 6.62. The van der Waals surface area contributed by atoms with Crippen LogP contribution < -0.4 is 14.9 Å². The van der Waals surface area contributed by atoms with Crippen LogP contribution in [0.2, 0.25) is 0 Å². The zero-order valence-corrected chi connectivity index (χ0v) is 17.7. The summed E-state index contributed by atoms with van der Waals surface area (Å²) in [5, 5.41) is 10.9. The van der Waals surface area contributed by atoms with Gasteiger partial charge in [0.15, 0.2) is 5.43 Å². The summed E-state index contributed by atoms with van der Waals surface area (Å²) in [7, 11) is 0. The Bertz CT molecular complexity index is 1160. The number of aromatic hydroxyl groups is 1. The van der Waals surface area contributed by atoms with Crippen molar-refractivity contribution in [3.63, 3.8) is 0 Å². The molecule has 1 N–H and O–H groups in total. The standard InChI is InChI=1S/C25H26O5/c1-16(2)9-11-28-18-5-7-20(22(26)13-18)25-15-23(27)21-8-6-19(14-24(21)30-25)29-12-10-17(3)4/h5-10,13-15,26H,11-12H2,1-4H3. The molecule has 0 saturated carbocycles. The summed E-state index contributed by atoms with van der Waals surface area (Å²) in [5.74, 6) is 1.39. The van der Waals surface area contributed by atoms with Gasteiger partial charge in [-0.25, -0.2) is 0 Å². The van der Waals surface area contributed by atoms with Gasteiger partial charge in [0, 0.05) is 18.2 Å². The number of phenols is 1. The van der Waals surface area contributed by atoms with Crippen LogP contribution in [0.25, 0.3) is 22.3 Å². The quantitative estimate of drug-likeness (QED) is 0.498. The van der Waals surface area contributed by atoms with Gasteiger partial charge >= 0.3 is 0 Å². The Labute approximate surface area is 175 Å². The SMILES string of the molecule is CC(C)=CCOc1ccc(-c2cc(=O)c3ccc(OCC=C(C)C)cc3o2)c(O)c1. The van der Waals surface area contributed by atoms with Crippen LogP contribution >= 0.6 is 0 Å². The average molecular weight is 406 g/mol. The van der Waals surface area contributed by atoms with E-state index in [-0.39, 0.29) is 16.9 Å². The van der Waals surface area contributed by atoms with Gasteiger partial charge in [-0.05, 0) is 64.1 Å². The molecule has 3 rings (SSSR count). The summed E-state index contributed by atoms with van der Waals surface area (Å²) in [5.41, 5.74) is 2.94. The van der Waals surface area contributed by atoms with Crippen molar-refractivity contribution in [2.24, 2.45) is 0 Å². The lowest BCUT2D eigenvalue weighted by Gasteiger charge is -2.09. The second-order valence-corrected chi connectivity index (χ2v) is 7.50. The zero-order chi connectivity index (χ0) is 21.7. The Hall–Kier alpha value is -3.47. The minimum absolute atomic E-state index is 0.0248. The lowest BCUT2D eigenvalue weighted by Crippen LogP contribution is -2.01. The number of ether oxygens (including phenoxy) is 2. The Morgan fingerprint density at radius 3 is 2.10 bits per heavy atom. The largest absolute Gasteiger partial charge is 0.507 e. The van der Waals surface area contributed by atoms with E-state index >= 15 is 0 Å². The minimum Gasteiger partial charge on any atom is -0.507 e. The third kappa shape index (κ3) is 5.32. The monoisotopic (exact) mass is 406 g/mol. The van der Waals surface area contributed by atoms with E-state index in [1.807, 2.05) is 39.8 Å². The highest BCUT2D eigenvalue weighted by Gasteiger charge is 2.12. The topological polar surface area (TPSA) is 68.9 Å². The Morgan fingerprint density at radius 1 is 0.900 bits per heavy atom. The second kappa shape index (κ2) is 9.35. The summed E-state index contributed by atoms with van der Waals surface area (Å²) in [6.45, 7) is 8.83. The maximum absolute atomic E-state index is 12.5. The van der Waals surface area contributed by atoms with Crippen LogP contribution in [0, 0.1) is 0 Å². The van der Waals surface area contributed by atoms with E-state index in [1.165, 1.54) is 12.1 Å². The Balaban J connectivity index is 1.90. The molecule has 0 saturated heterocycles. The minimum atomic E-state index is -0.189. The first-order chi connectivity index (χ1) is 14.3. The molecule has 0 atom stereocenters. The van der Waals surface area contributed by atoms with Crippen LogP contribution in [0.1, 0.15) is 27.7 Å². The van der Waals surface area contributed by atoms with Crippen molar-refractivity contribution in [1.82, 2.24) is 0 Å². The van der Waals surface area contributed by atoms with Crippen molar-refractivity contribution in [3.8, 4) is 28.6 Å². The van der Waals surface area contributed by atoms with Crippen LogP contribution in [0.3, 0.4) is 0 Å². The van der Waals surface area contributed by atoms with Gasteiger partial charge in [-0.1, -0.05) is 11.1 Å². The maximum atomic E-state index is 12.5. The van der Waals surface area contributed by atoms with Crippen molar-refractivity contribution in [1.29, 1.82) is 0 Å². The van der Waals surface area contributed by atoms with Crippen molar-refractivity contribution < 1.29 is 19.0 Å². The van der Waals surface area contributed by atoms with Gasteiger partial charge in [-0.3, -0.25) is 4.79 Å². The molecule has 2 aromatic carbocycles. The molecule has 0 aliphatic heterocycles. The summed E-state index contributed by atoms with van der Waals surface area (Å²) in [6, 6.07) is 11.4. The highest BCUT2D eigenvalue weighted by Crippen LogP contribution is 2.33. The molecule has 5 heteroatoms. The molecule has 30 heavy (non-hydrogen) atoms. The number of allylic oxidation sites excluding steroid dienone is 2. The summed E-state index contributed by atoms with van der Waals surface area (Å²) in [6.07, 6.45) is 3.92. The number of hydrogen-bond donors (Lipinski definition) is 1. The molecule has 0 aliphatic carbocycles. The van der Waals surface area contributed by atoms with Gasteiger partial charge in [0.25, 0.3) is 0 Å². The van der Waals surface area contributed by atoms with Gasteiger partial charge in [0.1, 0.15) is 41.8 Å². The van der Waals surface area contributed by atoms with Crippen LogP contribution in [0.5, 0.6) is 17.2 Å². The molecule has 1 aromatic heterocycles. The van der Waals surface area contributed by atoms with Crippen molar-refractivity contribution >= 4 is 11.0 Å². The first-order valence-corrected chi connectivity index (χ1v) is 9.77. The molecular weight excluding hydrogens is 380 g/mol. The van der Waals surface area contributed by atoms with Gasteiger partial charge < -0.3 is 19.0 Å². The molecule has 0 fully saturated rings. The fourth-order valence-electron chi connectivity index (χ4n) is 2.78. The normalized spacial score (nSPS) is 10.5. The van der Waals surface area contributed by atoms with Crippen molar-refractivity contribution in [3.05, 3.63) is 76.0 Å². The number of hydrogen-bond acceptors (Lipinski definition) is 5. The van der Waals surface area contributed by atoms with E-state index in [2.05, 4.69) is 0 Å². The van der Waals surface area contributed by atoms with Gasteiger partial charge in [0.05, 0.1) is 10.9 Å². The van der Waals surface area contributed by atoms with Crippen LogP contribution in [-0.2, 0) is 0 Å². The van der Waals surface area contributed by atoms with E-state index < -0.39 is 0 Å². The molecule has 1 heterocycles. The summed E-state index contributed by atoms with van der Waals surface area (Å²) >= 11 is 0. The third-order valence-electron chi connectivity index (χ3n) is 4.42. The molecule has 0 bridgehead atoms. The van der Waals surface area contributed by atoms with E-state index in [9.17, 15) is 9.90 Å². The van der Waals surface area contributed by atoms with E-state index in [1.54, 1.807) is 30.3 Å². The molecule has 0 unspecified atom stereocenters. The first kappa shape index (κ1) is 21.2. The highest BCUT2D eigenvalue weighted by atomic mass is 16.5. The van der Waals surface area contributed by atoms with Gasteiger partial charge in [-0.2, -0.15) is 0 Å². The molecule has 156 valence electrons. The van der Waals surface area contributed by atoms with E-state index in [4.69, 9.17) is 13.9 Å². The van der Waals surface area contributed by atoms with Crippen LogP contribution in [0.4, 0.5) is 0 Å². The number of phenolic OH excluding ortho intramolecular Hbond substituents is 1. The average Bonchev–Trinajstić information content (AvgIpc) is 2.67. The summed E-state index contributed by atoms with van der Waals surface area (Å²) < 4.78 is 17.2. The Morgan fingerprint density at radius 2 is 1.50 bits per heavy atom. The molecular formula is C25H26O5. The first-order valence-electron chi connectivity index (χ1n) is 9.77. The fourth-order valence-corrected chi connectivity index (χ4v) is 2.78. The van der Waals surface area contributed by atoms with Crippen molar-refractivity contribution in [2.45, 2.75) is 27.7 Å². The smallest absolute Gasteiger partial charge is 0.193 e. The molecule has 0 amide bonds. The molecule has 0 radical (unpaired) electrons. The predicted octanol–water partition coefficient (Wildman–Crippen LogP) is 5.86. The van der Waals surface area contributed by atoms with E-state index in [0.29, 0.717) is 41.2 Å².